The van der Waals surface area contributed by atoms with Crippen LogP contribution in [-0.2, 0) is 9.84 Å². The van der Waals surface area contributed by atoms with Crippen LogP contribution in [0.3, 0.4) is 0 Å². The Morgan fingerprint density at radius 3 is 2.44 bits per heavy atom. The van der Waals surface area contributed by atoms with E-state index in [0.29, 0.717) is 5.56 Å². The van der Waals surface area contributed by atoms with Crippen molar-refractivity contribution in [3.8, 4) is 16.9 Å². The van der Waals surface area contributed by atoms with E-state index in [2.05, 4.69) is 0 Å². The highest BCUT2D eigenvalue weighted by molar-refractivity contribution is 7.91. The summed E-state index contributed by atoms with van der Waals surface area (Å²) < 4.78 is 50.6. The van der Waals surface area contributed by atoms with Crippen LogP contribution < -0.4 is 4.74 Å². The molecule has 0 aliphatic carbocycles. The van der Waals surface area contributed by atoms with Crippen molar-refractivity contribution >= 4 is 15.8 Å². The second-order valence-corrected chi connectivity index (χ2v) is 7.59. The zero-order valence-corrected chi connectivity index (χ0v) is 15.2. The lowest BCUT2D eigenvalue weighted by Crippen LogP contribution is -2.11. The van der Waals surface area contributed by atoms with Gasteiger partial charge >= 0.3 is 5.97 Å². The third kappa shape index (κ3) is 3.08. The van der Waals surface area contributed by atoms with Crippen molar-refractivity contribution in [3.63, 3.8) is 0 Å². The topological polar surface area (TPSA) is 93.8 Å². The zero-order valence-electron chi connectivity index (χ0n) is 14.4. The van der Waals surface area contributed by atoms with Crippen LogP contribution in [0.25, 0.3) is 11.1 Å². The SMILES string of the molecule is COc1c(C(=O)O)cc(S(=O)(=O)c2ccccc2F)c(C)c1-c1ccoc1. The van der Waals surface area contributed by atoms with Gasteiger partial charge in [-0.3, -0.25) is 0 Å². The van der Waals surface area contributed by atoms with Crippen LogP contribution in [0.2, 0.25) is 0 Å². The first-order chi connectivity index (χ1) is 12.8. The van der Waals surface area contributed by atoms with Crippen LogP contribution in [0.5, 0.6) is 5.75 Å². The normalized spacial score (nSPS) is 11.4. The van der Waals surface area contributed by atoms with Gasteiger partial charge in [-0.1, -0.05) is 12.1 Å². The Bertz CT molecular complexity index is 1120. The van der Waals surface area contributed by atoms with Gasteiger partial charge in [-0.25, -0.2) is 17.6 Å². The molecule has 140 valence electrons. The van der Waals surface area contributed by atoms with E-state index in [4.69, 9.17) is 9.15 Å². The van der Waals surface area contributed by atoms with E-state index < -0.39 is 26.5 Å². The average Bonchev–Trinajstić information content (AvgIpc) is 3.14. The highest BCUT2D eigenvalue weighted by Gasteiger charge is 2.30. The summed E-state index contributed by atoms with van der Waals surface area (Å²) in [6.45, 7) is 1.50. The number of sulfone groups is 1. The summed E-state index contributed by atoms with van der Waals surface area (Å²) in [6, 6.07) is 7.46. The van der Waals surface area contributed by atoms with E-state index in [1.807, 2.05) is 0 Å². The van der Waals surface area contributed by atoms with E-state index >= 15 is 0 Å². The number of ether oxygens (including phenoxy) is 1. The van der Waals surface area contributed by atoms with E-state index in [-0.39, 0.29) is 27.3 Å². The van der Waals surface area contributed by atoms with Crippen molar-refractivity contribution in [1.29, 1.82) is 0 Å². The molecule has 2 aromatic carbocycles. The number of halogens is 1. The fourth-order valence-corrected chi connectivity index (χ4v) is 4.52. The zero-order chi connectivity index (χ0) is 19.8. The number of carboxylic acids is 1. The van der Waals surface area contributed by atoms with Gasteiger partial charge in [0.15, 0.2) is 0 Å². The first-order valence-corrected chi connectivity index (χ1v) is 9.24. The van der Waals surface area contributed by atoms with Crippen molar-refractivity contribution in [2.45, 2.75) is 16.7 Å². The summed E-state index contributed by atoms with van der Waals surface area (Å²) in [5, 5.41) is 9.55. The monoisotopic (exact) mass is 390 g/mol. The number of rotatable bonds is 5. The summed E-state index contributed by atoms with van der Waals surface area (Å²) in [4.78, 5) is 10.9. The van der Waals surface area contributed by atoms with Gasteiger partial charge in [0.1, 0.15) is 22.0 Å². The maximum absolute atomic E-state index is 14.1. The Labute approximate surface area is 154 Å². The summed E-state index contributed by atoms with van der Waals surface area (Å²) in [6.07, 6.45) is 2.71. The molecule has 0 aliphatic heterocycles. The lowest BCUT2D eigenvalue weighted by atomic mass is 9.98. The van der Waals surface area contributed by atoms with Crippen LogP contribution in [0, 0.1) is 12.7 Å². The highest BCUT2D eigenvalue weighted by atomic mass is 32.2. The van der Waals surface area contributed by atoms with E-state index in [9.17, 15) is 22.7 Å². The Morgan fingerprint density at radius 2 is 1.89 bits per heavy atom. The summed E-state index contributed by atoms with van der Waals surface area (Å²) in [5.41, 5.74) is 0.564. The second-order valence-electron chi connectivity index (χ2n) is 5.71. The van der Waals surface area contributed by atoms with Crippen LogP contribution in [0.15, 0.2) is 63.1 Å². The fraction of sp³-hybridized carbons (Fsp3) is 0.105. The molecule has 3 rings (SSSR count). The minimum absolute atomic E-state index is 0.00566. The van der Waals surface area contributed by atoms with Gasteiger partial charge in [-0.15, -0.1) is 0 Å². The van der Waals surface area contributed by atoms with E-state index in [1.165, 1.54) is 38.7 Å². The van der Waals surface area contributed by atoms with Gasteiger partial charge in [-0.2, -0.15) is 0 Å². The van der Waals surface area contributed by atoms with Gasteiger partial charge in [0, 0.05) is 11.1 Å². The van der Waals surface area contributed by atoms with Crippen molar-refractivity contribution in [3.05, 3.63) is 65.9 Å². The van der Waals surface area contributed by atoms with Crippen LogP contribution >= 0.6 is 0 Å². The number of benzene rings is 2. The fourth-order valence-electron chi connectivity index (χ4n) is 2.92. The molecule has 1 heterocycles. The molecule has 0 saturated carbocycles. The molecule has 0 atom stereocenters. The van der Waals surface area contributed by atoms with Gasteiger partial charge in [0.25, 0.3) is 0 Å². The Kier molecular flexibility index (Phi) is 4.75. The van der Waals surface area contributed by atoms with Crippen molar-refractivity contribution in [2.24, 2.45) is 0 Å². The van der Waals surface area contributed by atoms with Crippen molar-refractivity contribution in [2.75, 3.05) is 7.11 Å². The number of methoxy groups -OCH3 is 1. The number of carbonyl (C=O) groups is 1. The second kappa shape index (κ2) is 6.88. The molecule has 0 saturated heterocycles. The highest BCUT2D eigenvalue weighted by Crippen LogP contribution is 2.41. The summed E-state index contributed by atoms with van der Waals surface area (Å²) in [5.74, 6) is -2.30. The molecular formula is C19H15FO6S. The molecule has 3 aromatic rings. The van der Waals surface area contributed by atoms with Gasteiger partial charge < -0.3 is 14.3 Å². The first-order valence-electron chi connectivity index (χ1n) is 7.76. The Balaban J connectivity index is 2.42. The van der Waals surface area contributed by atoms with Crippen molar-refractivity contribution in [1.82, 2.24) is 0 Å². The molecule has 27 heavy (non-hydrogen) atoms. The largest absolute Gasteiger partial charge is 0.495 e. The maximum atomic E-state index is 14.1. The van der Waals surface area contributed by atoms with Gasteiger partial charge in [0.2, 0.25) is 9.84 Å². The smallest absolute Gasteiger partial charge is 0.339 e. The lowest BCUT2D eigenvalue weighted by Gasteiger charge is -2.17. The predicted octanol–water partition coefficient (Wildman–Crippen LogP) is 3.93. The van der Waals surface area contributed by atoms with Crippen LogP contribution in [0.4, 0.5) is 4.39 Å². The van der Waals surface area contributed by atoms with Gasteiger partial charge in [-0.05, 0) is 36.8 Å². The third-order valence-corrected chi connectivity index (χ3v) is 6.06. The standard InChI is InChI=1S/C19H15FO6S/c1-11-16(27(23,24)15-6-4-3-5-14(15)20)9-13(19(21)22)18(25-2)17(11)12-7-8-26-10-12/h3-10H,1-2H3,(H,21,22). The maximum Gasteiger partial charge on any atom is 0.339 e. The van der Waals surface area contributed by atoms with Crippen LogP contribution in [0.1, 0.15) is 15.9 Å². The molecular weight excluding hydrogens is 375 g/mol. The molecule has 1 N–H and O–H groups in total. The predicted molar refractivity (Wildman–Crippen MR) is 94.2 cm³/mol. The number of furan rings is 1. The molecule has 0 amide bonds. The summed E-state index contributed by atoms with van der Waals surface area (Å²) >= 11 is 0. The minimum Gasteiger partial charge on any atom is -0.495 e. The molecule has 0 aliphatic rings. The minimum atomic E-state index is -4.32. The first kappa shape index (κ1) is 18.7. The third-order valence-electron chi connectivity index (χ3n) is 4.15. The molecule has 0 radical (unpaired) electrons. The molecule has 1 aromatic heterocycles. The molecule has 0 fully saturated rings. The Hall–Kier alpha value is -3.13. The van der Waals surface area contributed by atoms with E-state index in [1.54, 1.807) is 6.07 Å². The molecule has 0 bridgehead atoms. The lowest BCUT2D eigenvalue weighted by molar-refractivity contribution is 0.0693. The number of hydrogen-bond acceptors (Lipinski definition) is 5. The molecule has 8 heteroatoms. The summed E-state index contributed by atoms with van der Waals surface area (Å²) in [7, 11) is -3.03. The quantitative estimate of drug-likeness (QED) is 0.709. The molecule has 0 unspecified atom stereocenters. The molecule has 6 nitrogen and oxygen atoms in total. The van der Waals surface area contributed by atoms with E-state index in [0.717, 1.165) is 18.2 Å². The Morgan fingerprint density at radius 1 is 1.19 bits per heavy atom. The number of aromatic carboxylic acids is 1. The van der Waals surface area contributed by atoms with Crippen LogP contribution in [-0.4, -0.2) is 26.6 Å². The average molecular weight is 390 g/mol. The number of hydrogen-bond donors (Lipinski definition) is 1. The molecule has 0 spiro atoms. The van der Waals surface area contributed by atoms with Gasteiger partial charge in [0.05, 0.1) is 24.5 Å². The van der Waals surface area contributed by atoms with Crippen molar-refractivity contribution < 1.29 is 31.9 Å². The number of carboxylic acid groups (broad SMARTS) is 1.